The highest BCUT2D eigenvalue weighted by Crippen LogP contribution is 2.10. The maximum Gasteiger partial charge on any atom is 0.251 e. The molecule has 0 aliphatic heterocycles. The van der Waals surface area contributed by atoms with E-state index in [1.165, 1.54) is 6.92 Å². The molecule has 5 nitrogen and oxygen atoms in total. The molecular formula is C13H17N3O2S. The van der Waals surface area contributed by atoms with Crippen molar-refractivity contribution in [1.29, 1.82) is 0 Å². The van der Waals surface area contributed by atoms with Gasteiger partial charge < -0.3 is 16.0 Å². The molecule has 0 heterocycles. The molecule has 2 amide bonds. The van der Waals surface area contributed by atoms with Crippen molar-refractivity contribution in [2.24, 2.45) is 0 Å². The molecule has 0 fully saturated rings. The van der Waals surface area contributed by atoms with Crippen LogP contribution in [0.1, 0.15) is 31.1 Å². The summed E-state index contributed by atoms with van der Waals surface area (Å²) < 4.78 is 0. The zero-order valence-corrected chi connectivity index (χ0v) is 11.9. The van der Waals surface area contributed by atoms with Crippen LogP contribution in [0, 0.1) is 0 Å². The lowest BCUT2D eigenvalue weighted by Gasteiger charge is -2.11. The van der Waals surface area contributed by atoms with Crippen molar-refractivity contribution >= 4 is 34.8 Å². The molecule has 0 radical (unpaired) electrons. The molecular weight excluding hydrogens is 262 g/mol. The summed E-state index contributed by atoms with van der Waals surface area (Å²) in [4.78, 5) is 22.7. The fourth-order valence-corrected chi connectivity index (χ4v) is 1.67. The topological polar surface area (TPSA) is 70.2 Å². The van der Waals surface area contributed by atoms with Gasteiger partial charge in [-0.3, -0.25) is 9.59 Å². The van der Waals surface area contributed by atoms with Crippen molar-refractivity contribution < 1.29 is 9.59 Å². The van der Waals surface area contributed by atoms with Gasteiger partial charge in [-0.25, -0.2) is 0 Å². The zero-order chi connectivity index (χ0) is 14.4. The SMILES string of the molecule is CC(=O)NC(=S)Nc1cccc(C(=O)NC(C)C)c1. The van der Waals surface area contributed by atoms with E-state index in [2.05, 4.69) is 16.0 Å². The Bertz CT molecular complexity index is 500. The number of carbonyl (C=O) groups is 2. The molecule has 0 bridgehead atoms. The minimum absolute atomic E-state index is 0.0737. The molecule has 6 heteroatoms. The highest BCUT2D eigenvalue weighted by atomic mass is 32.1. The Hall–Kier alpha value is -1.95. The van der Waals surface area contributed by atoms with Crippen molar-refractivity contribution in [2.45, 2.75) is 26.8 Å². The average Bonchev–Trinajstić information content (AvgIpc) is 2.27. The van der Waals surface area contributed by atoms with Gasteiger partial charge in [-0.15, -0.1) is 0 Å². The molecule has 19 heavy (non-hydrogen) atoms. The van der Waals surface area contributed by atoms with E-state index in [4.69, 9.17) is 12.2 Å². The molecule has 0 unspecified atom stereocenters. The molecule has 0 saturated heterocycles. The number of hydrogen-bond acceptors (Lipinski definition) is 3. The van der Waals surface area contributed by atoms with E-state index in [0.717, 1.165) is 0 Å². The molecule has 3 N–H and O–H groups in total. The van der Waals surface area contributed by atoms with Crippen molar-refractivity contribution in [3.63, 3.8) is 0 Å². The van der Waals surface area contributed by atoms with Crippen LogP contribution in [-0.4, -0.2) is 23.0 Å². The fraction of sp³-hybridized carbons (Fsp3) is 0.308. The number of anilines is 1. The number of rotatable bonds is 3. The summed E-state index contributed by atoms with van der Waals surface area (Å²) in [6, 6.07) is 6.97. The summed E-state index contributed by atoms with van der Waals surface area (Å²) in [6.45, 7) is 5.16. The van der Waals surface area contributed by atoms with Gasteiger partial charge >= 0.3 is 0 Å². The fourth-order valence-electron chi connectivity index (χ4n) is 1.41. The van der Waals surface area contributed by atoms with Crippen LogP contribution >= 0.6 is 12.2 Å². The van der Waals surface area contributed by atoms with E-state index in [-0.39, 0.29) is 23.0 Å². The number of thiocarbonyl (C=S) groups is 1. The van der Waals surface area contributed by atoms with Crippen LogP contribution in [0.15, 0.2) is 24.3 Å². The Kier molecular flexibility index (Phi) is 5.44. The largest absolute Gasteiger partial charge is 0.350 e. The average molecular weight is 279 g/mol. The van der Waals surface area contributed by atoms with Gasteiger partial charge in [-0.1, -0.05) is 6.07 Å². The first-order chi connectivity index (χ1) is 8.88. The van der Waals surface area contributed by atoms with Crippen LogP contribution < -0.4 is 16.0 Å². The highest BCUT2D eigenvalue weighted by molar-refractivity contribution is 7.80. The first-order valence-electron chi connectivity index (χ1n) is 5.88. The van der Waals surface area contributed by atoms with Crippen molar-refractivity contribution in [3.8, 4) is 0 Å². The molecule has 0 spiro atoms. The Morgan fingerprint density at radius 1 is 1.26 bits per heavy atom. The lowest BCUT2D eigenvalue weighted by atomic mass is 10.2. The summed E-state index contributed by atoms with van der Waals surface area (Å²) >= 11 is 4.95. The molecule has 1 aromatic rings. The number of hydrogen-bond donors (Lipinski definition) is 3. The van der Waals surface area contributed by atoms with E-state index in [1.54, 1.807) is 24.3 Å². The van der Waals surface area contributed by atoms with Crippen LogP contribution in [0.25, 0.3) is 0 Å². The maximum atomic E-state index is 11.8. The normalized spacial score (nSPS) is 9.89. The minimum Gasteiger partial charge on any atom is -0.350 e. The third-order valence-electron chi connectivity index (χ3n) is 2.09. The Labute approximate surface area is 117 Å². The summed E-state index contributed by atoms with van der Waals surface area (Å²) in [5.74, 6) is -0.393. The van der Waals surface area contributed by atoms with E-state index in [9.17, 15) is 9.59 Å². The van der Waals surface area contributed by atoms with Crippen molar-refractivity contribution in [2.75, 3.05) is 5.32 Å². The van der Waals surface area contributed by atoms with Gasteiger partial charge in [0, 0.05) is 24.2 Å². The number of amides is 2. The summed E-state index contributed by atoms with van der Waals surface area (Å²) in [5, 5.41) is 8.30. The Morgan fingerprint density at radius 2 is 1.95 bits per heavy atom. The molecule has 0 aromatic heterocycles. The Morgan fingerprint density at radius 3 is 2.53 bits per heavy atom. The van der Waals surface area contributed by atoms with Gasteiger partial charge in [-0.05, 0) is 44.3 Å². The van der Waals surface area contributed by atoms with E-state index < -0.39 is 0 Å². The molecule has 1 rings (SSSR count). The third-order valence-corrected chi connectivity index (χ3v) is 2.30. The van der Waals surface area contributed by atoms with Crippen LogP contribution in [-0.2, 0) is 4.79 Å². The third kappa shape index (κ3) is 5.48. The molecule has 0 atom stereocenters. The van der Waals surface area contributed by atoms with E-state index >= 15 is 0 Å². The van der Waals surface area contributed by atoms with Gasteiger partial charge in [-0.2, -0.15) is 0 Å². The van der Waals surface area contributed by atoms with Crippen LogP contribution in [0.3, 0.4) is 0 Å². The van der Waals surface area contributed by atoms with Crippen LogP contribution in [0.2, 0.25) is 0 Å². The van der Waals surface area contributed by atoms with Crippen LogP contribution in [0.5, 0.6) is 0 Å². The first-order valence-corrected chi connectivity index (χ1v) is 6.29. The second-order valence-corrected chi connectivity index (χ2v) is 4.75. The van der Waals surface area contributed by atoms with E-state index in [1.807, 2.05) is 13.8 Å². The smallest absolute Gasteiger partial charge is 0.251 e. The summed E-state index contributed by atoms with van der Waals surface area (Å²) in [7, 11) is 0. The molecule has 102 valence electrons. The van der Waals surface area contributed by atoms with Gasteiger partial charge in [0.1, 0.15) is 0 Å². The minimum atomic E-state index is -0.244. The number of carbonyl (C=O) groups excluding carboxylic acids is 2. The highest BCUT2D eigenvalue weighted by Gasteiger charge is 2.08. The van der Waals surface area contributed by atoms with E-state index in [0.29, 0.717) is 11.3 Å². The summed E-state index contributed by atoms with van der Waals surface area (Å²) in [5.41, 5.74) is 1.18. The molecule has 0 aliphatic carbocycles. The second kappa shape index (κ2) is 6.84. The number of nitrogens with one attached hydrogen (secondary N) is 3. The maximum absolute atomic E-state index is 11.8. The number of benzene rings is 1. The molecule has 0 aliphatic rings. The summed E-state index contributed by atoms with van der Waals surface area (Å²) in [6.07, 6.45) is 0. The van der Waals surface area contributed by atoms with Gasteiger partial charge in [0.15, 0.2) is 5.11 Å². The zero-order valence-electron chi connectivity index (χ0n) is 11.1. The first kappa shape index (κ1) is 15.1. The predicted molar refractivity (Wildman–Crippen MR) is 79.1 cm³/mol. The van der Waals surface area contributed by atoms with Gasteiger partial charge in [0.25, 0.3) is 5.91 Å². The van der Waals surface area contributed by atoms with Gasteiger partial charge in [0.05, 0.1) is 0 Å². The molecule has 0 saturated carbocycles. The standard InChI is InChI=1S/C13H17N3O2S/c1-8(2)14-12(18)10-5-4-6-11(7-10)16-13(19)15-9(3)17/h4-8H,1-3H3,(H,14,18)(H2,15,16,17,19). The quantitative estimate of drug-likeness (QED) is 0.736. The monoisotopic (exact) mass is 279 g/mol. The Balaban J connectivity index is 2.74. The predicted octanol–water partition coefficient (Wildman–Crippen LogP) is 1.66. The second-order valence-electron chi connectivity index (χ2n) is 4.34. The lowest BCUT2D eigenvalue weighted by Crippen LogP contribution is -2.32. The van der Waals surface area contributed by atoms with Crippen LogP contribution in [0.4, 0.5) is 5.69 Å². The van der Waals surface area contributed by atoms with Crippen molar-refractivity contribution in [1.82, 2.24) is 10.6 Å². The lowest BCUT2D eigenvalue weighted by molar-refractivity contribution is -0.117. The van der Waals surface area contributed by atoms with Gasteiger partial charge in [0.2, 0.25) is 5.91 Å². The molecule has 1 aromatic carbocycles. The van der Waals surface area contributed by atoms with Crippen molar-refractivity contribution in [3.05, 3.63) is 29.8 Å².